The molecule has 0 fully saturated rings. The van der Waals surface area contributed by atoms with Crippen LogP contribution in [-0.4, -0.2) is 10.9 Å². The number of carbonyl (C=O) groups excluding carboxylic acids is 1. The van der Waals surface area contributed by atoms with E-state index in [1.807, 2.05) is 13.8 Å². The van der Waals surface area contributed by atoms with Gasteiger partial charge in [-0.1, -0.05) is 13.8 Å². The molecule has 0 aliphatic heterocycles. The van der Waals surface area contributed by atoms with Gasteiger partial charge in [0.2, 0.25) is 0 Å². The fourth-order valence-corrected chi connectivity index (χ4v) is 1.43. The molecule has 0 heterocycles. The predicted octanol–water partition coefficient (Wildman–Crippen LogP) is 1.80. The van der Waals surface area contributed by atoms with Gasteiger partial charge >= 0.3 is 80.1 Å². The van der Waals surface area contributed by atoms with Gasteiger partial charge in [-0.05, 0) is 0 Å². The van der Waals surface area contributed by atoms with Crippen LogP contribution >= 0.6 is 0 Å². The van der Waals surface area contributed by atoms with Gasteiger partial charge in [0, 0.05) is 0 Å². The van der Waals surface area contributed by atoms with Gasteiger partial charge in [-0.15, -0.1) is 0 Å². The molecule has 0 aliphatic rings. The number of benzene rings is 1. The van der Waals surface area contributed by atoms with E-state index < -0.39 is 0 Å². The molecule has 0 saturated heterocycles. The van der Waals surface area contributed by atoms with Gasteiger partial charge in [0.05, 0.1) is 0 Å². The molecule has 0 radical (unpaired) electrons. The Morgan fingerprint density at radius 3 is 2.31 bits per heavy atom. The quantitative estimate of drug-likeness (QED) is 0.761. The molecule has 1 rings (SSSR count). The van der Waals surface area contributed by atoms with E-state index in [4.69, 9.17) is 5.11 Å². The second-order valence-corrected chi connectivity index (χ2v) is 3.81. The number of rotatable bonds is 1. The van der Waals surface area contributed by atoms with Crippen molar-refractivity contribution in [3.63, 3.8) is 0 Å². The number of hydrogen-bond donors (Lipinski definition) is 1. The fourth-order valence-electron chi connectivity index (χ4n) is 0.726. The van der Waals surface area contributed by atoms with E-state index in [9.17, 15) is 4.79 Å². The summed E-state index contributed by atoms with van der Waals surface area (Å²) in [4.78, 5) is 10.8. The number of aromatic hydroxyl groups is 1. The first-order chi connectivity index (χ1) is 6.11. The Balaban J connectivity index is 0.000000671. The molecular weight excluding hydrogens is 362 g/mol. The van der Waals surface area contributed by atoms with Gasteiger partial charge in [0.1, 0.15) is 0 Å². The standard InChI is InChI=1S/C8H7AtO2.C2H6/c1-5(10)6-2-3-8(11)7(9)4-6;1-2/h2-4,11H,1H3;1-2H3. The molecule has 0 aliphatic carbocycles. The Morgan fingerprint density at radius 1 is 1.38 bits per heavy atom. The van der Waals surface area contributed by atoms with Gasteiger partial charge in [-0.25, -0.2) is 0 Å². The first-order valence-electron chi connectivity index (χ1n) is 4.10. The van der Waals surface area contributed by atoms with E-state index in [2.05, 4.69) is 0 Å². The summed E-state index contributed by atoms with van der Waals surface area (Å²) in [6.45, 7) is 5.51. The third-order valence-electron chi connectivity index (χ3n) is 1.35. The molecule has 1 aromatic carbocycles. The second kappa shape index (κ2) is 6.09. The number of ketones is 1. The van der Waals surface area contributed by atoms with Crippen molar-refractivity contribution < 1.29 is 34.6 Å². The van der Waals surface area contributed by atoms with Gasteiger partial charge in [0.25, 0.3) is 0 Å². The average molecular weight is 375 g/mol. The average Bonchev–Trinajstić information content (AvgIpc) is 2.13. The first kappa shape index (κ1) is 12.6. The maximum atomic E-state index is 10.8. The van der Waals surface area contributed by atoms with Crippen molar-refractivity contribution in [1.82, 2.24) is 0 Å². The van der Waals surface area contributed by atoms with E-state index in [1.54, 1.807) is 18.2 Å². The number of carbonyl (C=O) groups is 1. The zero-order valence-corrected chi connectivity index (χ0v) is 10.9. The predicted molar refractivity (Wildman–Crippen MR) is 49.1 cm³/mol. The van der Waals surface area contributed by atoms with Crippen LogP contribution < -0.4 is 3.27 Å². The summed E-state index contributed by atoms with van der Waals surface area (Å²) in [5, 5.41) is 9.13. The van der Waals surface area contributed by atoms with Crippen LogP contribution in [0.3, 0.4) is 0 Å². The monoisotopic (exact) mass is 375 g/mol. The zero-order chi connectivity index (χ0) is 10.4. The fraction of sp³-hybridized carbons (Fsp3) is 0.300. The molecule has 3 heteroatoms. The Labute approximate surface area is 93.8 Å². The molecule has 72 valence electrons. The van der Waals surface area contributed by atoms with Gasteiger partial charge in [-0.2, -0.15) is 0 Å². The third kappa shape index (κ3) is 3.86. The second-order valence-electron chi connectivity index (χ2n) is 2.22. The Bertz CT molecular complexity index is 295. The van der Waals surface area contributed by atoms with E-state index in [0.29, 0.717) is 5.56 Å². The van der Waals surface area contributed by atoms with Crippen molar-refractivity contribution in [2.24, 2.45) is 0 Å². The number of hydrogen-bond acceptors (Lipinski definition) is 2. The minimum absolute atomic E-state index is 0.0303. The third-order valence-corrected chi connectivity index (χ3v) is 2.53. The number of phenols is 1. The van der Waals surface area contributed by atoms with Crippen molar-refractivity contribution in [3.05, 3.63) is 23.8 Å². The molecule has 0 bridgehead atoms. The van der Waals surface area contributed by atoms with Crippen molar-refractivity contribution in [1.29, 1.82) is 0 Å². The van der Waals surface area contributed by atoms with E-state index in [0.717, 1.165) is 3.27 Å². The summed E-state index contributed by atoms with van der Waals surface area (Å²) in [5.74, 6) is 0.286. The minimum atomic E-state index is 0.0303. The number of phenolic OH excluding ortho intramolecular Hbond substituents is 1. The first-order valence-corrected chi connectivity index (χ1v) is 5.57. The Morgan fingerprint density at radius 2 is 1.92 bits per heavy atom. The summed E-state index contributed by atoms with van der Waals surface area (Å²) >= 11 is 1.37. The van der Waals surface area contributed by atoms with Crippen LogP contribution in [0, 0.1) is 24.7 Å². The van der Waals surface area contributed by atoms with E-state index in [-0.39, 0.29) is 11.5 Å². The molecule has 13 heavy (non-hydrogen) atoms. The van der Waals surface area contributed by atoms with E-state index >= 15 is 0 Å². The van der Waals surface area contributed by atoms with Gasteiger partial charge in [0.15, 0.2) is 0 Å². The molecule has 1 N–H and O–H groups in total. The SMILES string of the molecule is CC.CC(=O)c1ccc(O)c([At])c1. The normalized spacial score (nSPS) is 8.62. The molecular formula is C10H13AtO2. The molecule has 0 aromatic heterocycles. The van der Waals surface area contributed by atoms with Crippen molar-refractivity contribution >= 4 is 9.05 Å². The summed E-state index contributed by atoms with van der Waals surface area (Å²) in [5.41, 5.74) is 0.653. The summed E-state index contributed by atoms with van der Waals surface area (Å²) in [7, 11) is 0. The van der Waals surface area contributed by atoms with Crippen LogP contribution in [0.1, 0.15) is 31.1 Å². The van der Waals surface area contributed by atoms with Crippen LogP contribution in [0.2, 0.25) is 0 Å². The maximum absolute atomic E-state index is 10.8. The van der Waals surface area contributed by atoms with Crippen LogP contribution in [0.5, 0.6) is 5.75 Å². The molecule has 0 amide bonds. The summed E-state index contributed by atoms with van der Waals surface area (Å²) in [6, 6.07) is 4.88. The Kier molecular flexibility index (Phi) is 5.89. The van der Waals surface area contributed by atoms with Gasteiger partial charge in [-0.3, -0.25) is 0 Å². The molecule has 0 saturated carbocycles. The topological polar surface area (TPSA) is 37.3 Å². The zero-order valence-electron chi connectivity index (χ0n) is 7.97. The van der Waals surface area contributed by atoms with Crippen LogP contribution in [0.4, 0.5) is 0 Å². The van der Waals surface area contributed by atoms with Crippen molar-refractivity contribution in [3.8, 4) is 5.75 Å². The van der Waals surface area contributed by atoms with Crippen LogP contribution in [0.15, 0.2) is 18.2 Å². The van der Waals surface area contributed by atoms with Crippen molar-refractivity contribution in [2.45, 2.75) is 20.8 Å². The molecule has 0 unspecified atom stereocenters. The molecule has 2 nitrogen and oxygen atoms in total. The molecule has 0 spiro atoms. The Hall–Kier alpha value is -0.427. The summed E-state index contributed by atoms with van der Waals surface area (Å²) < 4.78 is 0.790. The molecule has 1 aromatic rings. The number of Topliss-reactive ketones (excluding diaryl/α,β-unsaturated/α-hetero) is 1. The summed E-state index contributed by atoms with van der Waals surface area (Å²) in [6.07, 6.45) is 0. The van der Waals surface area contributed by atoms with Gasteiger partial charge < -0.3 is 0 Å². The van der Waals surface area contributed by atoms with E-state index in [1.165, 1.54) is 31.6 Å². The van der Waals surface area contributed by atoms with Crippen molar-refractivity contribution in [2.75, 3.05) is 0 Å². The van der Waals surface area contributed by atoms with Crippen LogP contribution in [0.25, 0.3) is 0 Å². The molecule has 0 atom stereocenters. The van der Waals surface area contributed by atoms with Crippen LogP contribution in [-0.2, 0) is 0 Å².